The Kier molecular flexibility index (Phi) is 4.78. The van der Waals surface area contributed by atoms with Gasteiger partial charge in [-0.2, -0.15) is 0 Å². The SMILES string of the molecule is Cc1ccc(O)c([C@H](C2CCOCC2)N2CCNCC2)c1. The molecule has 0 spiro atoms. The van der Waals surface area contributed by atoms with Gasteiger partial charge in [-0.1, -0.05) is 17.7 Å². The van der Waals surface area contributed by atoms with Gasteiger partial charge in [0.05, 0.1) is 0 Å². The monoisotopic (exact) mass is 290 g/mol. The van der Waals surface area contributed by atoms with Gasteiger partial charge in [0.2, 0.25) is 0 Å². The Hall–Kier alpha value is -1.10. The summed E-state index contributed by atoms with van der Waals surface area (Å²) >= 11 is 0. The number of aryl methyl sites for hydroxylation is 1. The Labute approximate surface area is 127 Å². The second-order valence-corrected chi connectivity index (χ2v) is 6.24. The molecule has 0 amide bonds. The van der Waals surface area contributed by atoms with Crippen LogP contribution in [0.5, 0.6) is 5.75 Å². The first-order valence-electron chi connectivity index (χ1n) is 8.08. The Morgan fingerprint density at radius 2 is 1.95 bits per heavy atom. The van der Waals surface area contributed by atoms with Crippen LogP contribution in [-0.4, -0.2) is 49.4 Å². The first-order chi connectivity index (χ1) is 10.3. The highest BCUT2D eigenvalue weighted by molar-refractivity contribution is 5.38. The van der Waals surface area contributed by atoms with Gasteiger partial charge in [0.1, 0.15) is 5.75 Å². The van der Waals surface area contributed by atoms with Crippen LogP contribution in [0.15, 0.2) is 18.2 Å². The van der Waals surface area contributed by atoms with E-state index in [1.807, 2.05) is 12.1 Å². The number of hydrogen-bond donors (Lipinski definition) is 2. The second kappa shape index (κ2) is 6.77. The van der Waals surface area contributed by atoms with Crippen molar-refractivity contribution < 1.29 is 9.84 Å². The van der Waals surface area contributed by atoms with Crippen molar-refractivity contribution in [3.05, 3.63) is 29.3 Å². The molecule has 0 saturated carbocycles. The molecule has 0 unspecified atom stereocenters. The van der Waals surface area contributed by atoms with Gasteiger partial charge in [-0.05, 0) is 31.7 Å². The molecular weight excluding hydrogens is 264 g/mol. The summed E-state index contributed by atoms with van der Waals surface area (Å²) in [5, 5.41) is 13.8. The number of hydrogen-bond acceptors (Lipinski definition) is 4. The third-order valence-electron chi connectivity index (χ3n) is 4.76. The highest BCUT2D eigenvalue weighted by Gasteiger charge is 2.32. The zero-order valence-corrected chi connectivity index (χ0v) is 12.8. The number of phenols is 1. The van der Waals surface area contributed by atoms with E-state index in [1.165, 1.54) is 5.56 Å². The number of benzene rings is 1. The number of piperazine rings is 1. The molecule has 2 aliphatic rings. The summed E-state index contributed by atoms with van der Waals surface area (Å²) in [5.74, 6) is 1.01. The Morgan fingerprint density at radius 3 is 2.67 bits per heavy atom. The summed E-state index contributed by atoms with van der Waals surface area (Å²) in [6.07, 6.45) is 2.17. The molecule has 0 aliphatic carbocycles. The van der Waals surface area contributed by atoms with Crippen molar-refractivity contribution in [1.82, 2.24) is 10.2 Å². The lowest BCUT2D eigenvalue weighted by Gasteiger charge is -2.41. The van der Waals surface area contributed by atoms with Crippen LogP contribution in [0.1, 0.15) is 30.0 Å². The van der Waals surface area contributed by atoms with E-state index in [4.69, 9.17) is 4.74 Å². The van der Waals surface area contributed by atoms with Crippen molar-refractivity contribution in [3.63, 3.8) is 0 Å². The summed E-state index contributed by atoms with van der Waals surface area (Å²) in [4.78, 5) is 2.54. The van der Waals surface area contributed by atoms with E-state index in [2.05, 4.69) is 23.2 Å². The summed E-state index contributed by atoms with van der Waals surface area (Å²) in [5.41, 5.74) is 2.32. The molecule has 4 nitrogen and oxygen atoms in total. The molecule has 2 N–H and O–H groups in total. The second-order valence-electron chi connectivity index (χ2n) is 6.24. The van der Waals surface area contributed by atoms with Crippen LogP contribution in [0.4, 0.5) is 0 Å². The van der Waals surface area contributed by atoms with Crippen LogP contribution in [0.25, 0.3) is 0 Å². The number of aromatic hydroxyl groups is 1. The van der Waals surface area contributed by atoms with Crippen LogP contribution >= 0.6 is 0 Å². The molecule has 2 saturated heterocycles. The smallest absolute Gasteiger partial charge is 0.120 e. The first-order valence-corrected chi connectivity index (χ1v) is 8.08. The molecule has 2 aliphatic heterocycles. The fourth-order valence-electron chi connectivity index (χ4n) is 3.65. The largest absolute Gasteiger partial charge is 0.508 e. The number of nitrogens with zero attached hydrogens (tertiary/aromatic N) is 1. The highest BCUT2D eigenvalue weighted by atomic mass is 16.5. The van der Waals surface area contributed by atoms with Crippen LogP contribution in [0.2, 0.25) is 0 Å². The molecule has 0 aromatic heterocycles. The molecular formula is C17H26N2O2. The normalized spacial score (nSPS) is 23.1. The van der Waals surface area contributed by atoms with Crippen molar-refractivity contribution in [2.75, 3.05) is 39.4 Å². The zero-order chi connectivity index (χ0) is 14.7. The van der Waals surface area contributed by atoms with E-state index in [-0.39, 0.29) is 0 Å². The van der Waals surface area contributed by atoms with Crippen LogP contribution < -0.4 is 5.32 Å². The average molecular weight is 290 g/mol. The summed E-state index contributed by atoms with van der Waals surface area (Å²) in [6.45, 7) is 7.96. The van der Waals surface area contributed by atoms with Crippen molar-refractivity contribution in [3.8, 4) is 5.75 Å². The van der Waals surface area contributed by atoms with E-state index >= 15 is 0 Å². The van der Waals surface area contributed by atoms with Gasteiger partial charge in [0, 0.05) is 51.0 Å². The minimum Gasteiger partial charge on any atom is -0.508 e. The highest BCUT2D eigenvalue weighted by Crippen LogP contribution is 2.39. The van der Waals surface area contributed by atoms with Crippen LogP contribution in [0.3, 0.4) is 0 Å². The van der Waals surface area contributed by atoms with Gasteiger partial charge in [-0.25, -0.2) is 0 Å². The van der Waals surface area contributed by atoms with E-state index < -0.39 is 0 Å². The lowest BCUT2D eigenvalue weighted by Crippen LogP contribution is -2.47. The van der Waals surface area contributed by atoms with Crippen molar-refractivity contribution >= 4 is 0 Å². The maximum absolute atomic E-state index is 10.4. The van der Waals surface area contributed by atoms with Crippen LogP contribution in [0, 0.1) is 12.8 Å². The van der Waals surface area contributed by atoms with Gasteiger partial charge >= 0.3 is 0 Å². The lowest BCUT2D eigenvalue weighted by molar-refractivity contribution is 0.0206. The third kappa shape index (κ3) is 3.39. The first kappa shape index (κ1) is 14.8. The molecule has 3 rings (SSSR count). The Morgan fingerprint density at radius 1 is 1.24 bits per heavy atom. The predicted molar refractivity (Wildman–Crippen MR) is 83.6 cm³/mol. The van der Waals surface area contributed by atoms with Crippen LogP contribution in [-0.2, 0) is 4.74 Å². The minimum atomic E-state index is 0.316. The summed E-state index contributed by atoms with van der Waals surface area (Å²) in [7, 11) is 0. The molecule has 1 aromatic rings. The van der Waals surface area contributed by atoms with Gasteiger partial charge in [0.15, 0.2) is 0 Å². The molecule has 21 heavy (non-hydrogen) atoms. The van der Waals surface area contributed by atoms with E-state index in [0.717, 1.165) is 57.8 Å². The average Bonchev–Trinajstić information content (AvgIpc) is 2.53. The maximum atomic E-state index is 10.4. The van der Waals surface area contributed by atoms with Crippen molar-refractivity contribution in [2.24, 2.45) is 5.92 Å². The molecule has 0 radical (unpaired) electrons. The summed E-state index contributed by atoms with van der Waals surface area (Å²) < 4.78 is 5.53. The lowest BCUT2D eigenvalue weighted by atomic mass is 9.84. The fraction of sp³-hybridized carbons (Fsp3) is 0.647. The van der Waals surface area contributed by atoms with Gasteiger partial charge in [-0.15, -0.1) is 0 Å². The van der Waals surface area contributed by atoms with Gasteiger partial charge in [0.25, 0.3) is 0 Å². The Balaban J connectivity index is 1.91. The topological polar surface area (TPSA) is 44.7 Å². The van der Waals surface area contributed by atoms with Gasteiger partial charge in [-0.3, -0.25) is 4.90 Å². The molecule has 2 heterocycles. The minimum absolute atomic E-state index is 0.316. The number of rotatable bonds is 3. The number of phenolic OH excluding ortho intramolecular Hbond substituents is 1. The molecule has 4 heteroatoms. The van der Waals surface area contributed by atoms with E-state index in [0.29, 0.717) is 17.7 Å². The number of nitrogens with one attached hydrogen (secondary N) is 1. The quantitative estimate of drug-likeness (QED) is 0.894. The van der Waals surface area contributed by atoms with Gasteiger partial charge < -0.3 is 15.2 Å². The fourth-order valence-corrected chi connectivity index (χ4v) is 3.65. The number of ether oxygens (including phenoxy) is 1. The molecule has 0 bridgehead atoms. The maximum Gasteiger partial charge on any atom is 0.120 e. The van der Waals surface area contributed by atoms with E-state index in [9.17, 15) is 5.11 Å². The third-order valence-corrected chi connectivity index (χ3v) is 4.76. The standard InChI is InChI=1S/C17H26N2O2/c1-13-2-3-16(20)15(12-13)17(14-4-10-21-11-5-14)19-8-6-18-7-9-19/h2-3,12,14,17-18,20H,4-11H2,1H3/t17-/m0/s1. The van der Waals surface area contributed by atoms with E-state index in [1.54, 1.807) is 0 Å². The molecule has 116 valence electrons. The Bertz CT molecular complexity index is 448. The van der Waals surface area contributed by atoms with Crippen molar-refractivity contribution in [1.29, 1.82) is 0 Å². The molecule has 1 aromatic carbocycles. The van der Waals surface area contributed by atoms with Crippen molar-refractivity contribution in [2.45, 2.75) is 25.8 Å². The summed E-state index contributed by atoms with van der Waals surface area (Å²) in [6, 6.07) is 6.31. The molecule has 2 fully saturated rings. The predicted octanol–water partition coefficient (Wildman–Crippen LogP) is 2.07. The molecule has 1 atom stereocenters. The zero-order valence-electron chi connectivity index (χ0n) is 12.8.